The van der Waals surface area contributed by atoms with Gasteiger partial charge in [-0.25, -0.2) is 4.39 Å². The number of hydrogen-bond donors (Lipinski definition) is 0. The minimum atomic E-state index is -0.310. The van der Waals surface area contributed by atoms with Crippen LogP contribution in [0.2, 0.25) is 0 Å². The van der Waals surface area contributed by atoms with E-state index in [-0.39, 0.29) is 17.6 Å². The molecular weight excluding hydrogens is 413 g/mol. The van der Waals surface area contributed by atoms with Gasteiger partial charge in [0.25, 0.3) is 0 Å². The maximum atomic E-state index is 13.1. The zero-order valence-electron chi connectivity index (χ0n) is 18.0. The Morgan fingerprint density at radius 1 is 1.09 bits per heavy atom. The molecule has 0 atom stereocenters. The number of benzene rings is 2. The van der Waals surface area contributed by atoms with Gasteiger partial charge in [0.2, 0.25) is 17.6 Å². The van der Waals surface area contributed by atoms with Gasteiger partial charge in [0.05, 0.1) is 14.2 Å². The second-order valence-corrected chi connectivity index (χ2v) is 7.51. The summed E-state index contributed by atoms with van der Waals surface area (Å²) in [4.78, 5) is 18.9. The Morgan fingerprint density at radius 2 is 1.81 bits per heavy atom. The number of likely N-dealkylation sites (tertiary alicyclic amines) is 1. The summed E-state index contributed by atoms with van der Waals surface area (Å²) in [5.74, 6) is 1.99. The molecule has 2 aromatic carbocycles. The molecular formula is C24H24FN3O4. The van der Waals surface area contributed by atoms with Gasteiger partial charge in [-0.1, -0.05) is 11.2 Å². The fourth-order valence-electron chi connectivity index (χ4n) is 3.69. The monoisotopic (exact) mass is 437 g/mol. The first kappa shape index (κ1) is 21.5. The lowest BCUT2D eigenvalue weighted by atomic mass is 9.96. The van der Waals surface area contributed by atoms with Crippen LogP contribution in [0.5, 0.6) is 11.5 Å². The molecule has 1 aromatic heterocycles. The van der Waals surface area contributed by atoms with Crippen molar-refractivity contribution < 1.29 is 23.2 Å². The minimum Gasteiger partial charge on any atom is -0.493 e. The van der Waals surface area contributed by atoms with Crippen LogP contribution < -0.4 is 9.47 Å². The number of carbonyl (C=O) groups excluding carboxylic acids is 1. The first-order chi connectivity index (χ1) is 15.6. The highest BCUT2D eigenvalue weighted by Gasteiger charge is 2.27. The molecule has 1 aliphatic heterocycles. The Hall–Kier alpha value is -3.68. The lowest BCUT2D eigenvalue weighted by Gasteiger charge is -2.29. The van der Waals surface area contributed by atoms with Crippen molar-refractivity contribution in [3.8, 4) is 22.9 Å². The van der Waals surface area contributed by atoms with Crippen LogP contribution in [0.1, 0.15) is 30.2 Å². The normalized spacial score (nSPS) is 14.7. The van der Waals surface area contributed by atoms with E-state index in [4.69, 9.17) is 14.0 Å². The van der Waals surface area contributed by atoms with E-state index in [1.807, 2.05) is 17.0 Å². The molecule has 1 amide bonds. The molecule has 7 nitrogen and oxygen atoms in total. The Labute approximate surface area is 185 Å². The first-order valence-electron chi connectivity index (χ1n) is 10.4. The second-order valence-electron chi connectivity index (χ2n) is 7.51. The minimum absolute atomic E-state index is 0.0456. The van der Waals surface area contributed by atoms with E-state index in [0.717, 1.165) is 18.4 Å². The van der Waals surface area contributed by atoms with E-state index in [1.165, 1.54) is 12.1 Å². The number of piperidine rings is 1. The quantitative estimate of drug-likeness (QED) is 0.535. The smallest absolute Gasteiger partial charge is 0.246 e. The molecule has 0 unspecified atom stereocenters. The molecule has 1 saturated heterocycles. The second kappa shape index (κ2) is 9.64. The number of amides is 1. The molecule has 0 N–H and O–H groups in total. The van der Waals surface area contributed by atoms with Crippen molar-refractivity contribution in [2.45, 2.75) is 18.8 Å². The Kier molecular flexibility index (Phi) is 6.49. The van der Waals surface area contributed by atoms with Crippen LogP contribution in [0.4, 0.5) is 4.39 Å². The third kappa shape index (κ3) is 4.80. The van der Waals surface area contributed by atoms with Crippen LogP contribution in [0.15, 0.2) is 53.1 Å². The lowest BCUT2D eigenvalue weighted by Crippen LogP contribution is -2.36. The molecule has 1 fully saturated rings. The SMILES string of the molecule is COc1ccc(C=CC(=O)N2CCC(c3nc(-c4ccc(F)cc4)no3)CC2)cc1OC. The molecule has 0 aliphatic carbocycles. The summed E-state index contributed by atoms with van der Waals surface area (Å²) in [5, 5.41) is 4.02. The van der Waals surface area contributed by atoms with Crippen LogP contribution in [-0.2, 0) is 4.79 Å². The number of nitrogens with zero attached hydrogens (tertiary/aromatic N) is 3. The van der Waals surface area contributed by atoms with Crippen LogP contribution in [0.25, 0.3) is 17.5 Å². The van der Waals surface area contributed by atoms with Crippen molar-refractivity contribution in [1.29, 1.82) is 0 Å². The molecule has 0 spiro atoms. The van der Waals surface area contributed by atoms with Crippen molar-refractivity contribution >= 4 is 12.0 Å². The molecule has 0 saturated carbocycles. The van der Waals surface area contributed by atoms with Crippen LogP contribution in [0, 0.1) is 5.82 Å². The zero-order chi connectivity index (χ0) is 22.5. The number of ether oxygens (including phenoxy) is 2. The molecule has 2 heterocycles. The molecule has 0 radical (unpaired) electrons. The highest BCUT2D eigenvalue weighted by atomic mass is 19.1. The number of hydrogen-bond acceptors (Lipinski definition) is 6. The molecule has 32 heavy (non-hydrogen) atoms. The van der Waals surface area contributed by atoms with Crippen LogP contribution in [0.3, 0.4) is 0 Å². The van der Waals surface area contributed by atoms with Crippen LogP contribution in [-0.4, -0.2) is 48.3 Å². The predicted molar refractivity (Wildman–Crippen MR) is 117 cm³/mol. The van der Waals surface area contributed by atoms with Gasteiger partial charge in [-0.2, -0.15) is 4.98 Å². The highest BCUT2D eigenvalue weighted by Crippen LogP contribution is 2.30. The van der Waals surface area contributed by atoms with Gasteiger partial charge < -0.3 is 18.9 Å². The van der Waals surface area contributed by atoms with E-state index >= 15 is 0 Å². The van der Waals surface area contributed by atoms with Crippen molar-refractivity contribution in [1.82, 2.24) is 15.0 Å². The predicted octanol–water partition coefficient (Wildman–Crippen LogP) is 4.31. The van der Waals surface area contributed by atoms with Gasteiger partial charge in [-0.15, -0.1) is 0 Å². The summed E-state index contributed by atoms with van der Waals surface area (Å²) in [7, 11) is 3.16. The van der Waals surface area contributed by atoms with Crippen molar-refractivity contribution in [3.05, 3.63) is 65.8 Å². The number of carbonyl (C=O) groups is 1. The fraction of sp³-hybridized carbons (Fsp3) is 0.292. The zero-order valence-corrected chi connectivity index (χ0v) is 18.0. The maximum Gasteiger partial charge on any atom is 0.246 e. The van der Waals surface area contributed by atoms with E-state index in [2.05, 4.69) is 10.1 Å². The van der Waals surface area contributed by atoms with Crippen molar-refractivity contribution in [3.63, 3.8) is 0 Å². The summed E-state index contributed by atoms with van der Waals surface area (Å²) in [6, 6.07) is 11.5. The van der Waals surface area contributed by atoms with Crippen molar-refractivity contribution in [2.24, 2.45) is 0 Å². The number of methoxy groups -OCH3 is 2. The lowest BCUT2D eigenvalue weighted by molar-refractivity contribution is -0.127. The van der Waals surface area contributed by atoms with Gasteiger partial charge in [-0.3, -0.25) is 4.79 Å². The van der Waals surface area contributed by atoms with Gasteiger partial charge >= 0.3 is 0 Å². The van der Waals surface area contributed by atoms with E-state index < -0.39 is 0 Å². The molecule has 1 aliphatic rings. The molecule has 3 aromatic rings. The summed E-state index contributed by atoms with van der Waals surface area (Å²) in [6.45, 7) is 1.21. The van der Waals surface area contributed by atoms with E-state index in [0.29, 0.717) is 41.9 Å². The van der Waals surface area contributed by atoms with Gasteiger partial charge in [0.1, 0.15) is 5.82 Å². The Morgan fingerprint density at radius 3 is 2.50 bits per heavy atom. The van der Waals surface area contributed by atoms with E-state index in [1.54, 1.807) is 44.6 Å². The number of aromatic nitrogens is 2. The molecule has 0 bridgehead atoms. The topological polar surface area (TPSA) is 77.7 Å². The number of rotatable bonds is 6. The fourth-order valence-corrected chi connectivity index (χ4v) is 3.69. The Balaban J connectivity index is 1.34. The van der Waals surface area contributed by atoms with Crippen LogP contribution >= 0.6 is 0 Å². The first-order valence-corrected chi connectivity index (χ1v) is 10.4. The summed E-state index contributed by atoms with van der Waals surface area (Å²) in [6.07, 6.45) is 4.81. The van der Waals surface area contributed by atoms with Gasteiger partial charge in [-0.05, 0) is 60.9 Å². The van der Waals surface area contributed by atoms with Gasteiger partial charge in [0, 0.05) is 30.6 Å². The summed E-state index contributed by atoms with van der Waals surface area (Å²) < 4.78 is 29.1. The third-order valence-electron chi connectivity index (χ3n) is 5.53. The third-order valence-corrected chi connectivity index (χ3v) is 5.53. The standard InChI is InChI=1S/C24H24FN3O4/c1-30-20-9-3-16(15-21(20)31-2)4-10-22(29)28-13-11-18(12-14-28)24-26-23(27-32-24)17-5-7-19(25)8-6-17/h3-10,15,18H,11-14H2,1-2H3. The average molecular weight is 437 g/mol. The maximum absolute atomic E-state index is 13.1. The average Bonchev–Trinajstić information content (AvgIpc) is 3.33. The number of halogens is 1. The van der Waals surface area contributed by atoms with E-state index in [9.17, 15) is 9.18 Å². The summed E-state index contributed by atoms with van der Waals surface area (Å²) >= 11 is 0. The molecule has 166 valence electrons. The molecule has 4 rings (SSSR count). The largest absolute Gasteiger partial charge is 0.493 e. The molecule has 8 heteroatoms. The Bertz CT molecular complexity index is 1100. The van der Waals surface area contributed by atoms with Crippen molar-refractivity contribution in [2.75, 3.05) is 27.3 Å². The van der Waals surface area contributed by atoms with Gasteiger partial charge in [0.15, 0.2) is 11.5 Å². The highest BCUT2D eigenvalue weighted by molar-refractivity contribution is 5.92. The summed E-state index contributed by atoms with van der Waals surface area (Å²) in [5.41, 5.74) is 1.55.